The third-order valence-corrected chi connectivity index (χ3v) is 2.70. The molecule has 0 heterocycles. The third kappa shape index (κ3) is 6.23. The molecule has 0 aliphatic carbocycles. The number of rotatable bonds is 7. The number of nitriles is 1. The zero-order valence-electron chi connectivity index (χ0n) is 11.9. The zero-order valence-corrected chi connectivity index (χ0v) is 11.9. The summed E-state index contributed by atoms with van der Waals surface area (Å²) in [5.41, 5.74) is -0.0992. The van der Waals surface area contributed by atoms with Crippen LogP contribution in [0, 0.1) is 11.3 Å². The van der Waals surface area contributed by atoms with Crippen molar-refractivity contribution >= 4 is 0 Å². The molecule has 0 amide bonds. The third-order valence-electron chi connectivity index (χ3n) is 2.70. The van der Waals surface area contributed by atoms with Gasteiger partial charge < -0.3 is 9.84 Å². The lowest BCUT2D eigenvalue weighted by atomic mass is 10.1. The fourth-order valence-electron chi connectivity index (χ4n) is 1.84. The van der Waals surface area contributed by atoms with E-state index in [0.717, 1.165) is 13.1 Å². The summed E-state index contributed by atoms with van der Waals surface area (Å²) in [4.78, 5) is 2.13. The molecule has 1 aromatic rings. The monoisotopic (exact) mass is 262 g/mol. The fraction of sp³-hybridized carbons (Fsp3) is 0.533. The molecule has 1 N–H and O–H groups in total. The molecule has 4 heteroatoms. The number of benzene rings is 1. The van der Waals surface area contributed by atoms with Crippen LogP contribution in [-0.4, -0.2) is 41.8 Å². The average Bonchev–Trinajstić information content (AvgIpc) is 2.36. The summed E-state index contributed by atoms with van der Waals surface area (Å²) >= 11 is 0. The van der Waals surface area contributed by atoms with Gasteiger partial charge in [0.15, 0.2) is 0 Å². The highest BCUT2D eigenvalue weighted by atomic mass is 16.5. The van der Waals surface area contributed by atoms with Crippen molar-refractivity contribution in [1.29, 1.82) is 5.26 Å². The molecule has 0 aliphatic heterocycles. The number of hydrogen-bond acceptors (Lipinski definition) is 4. The van der Waals surface area contributed by atoms with Gasteiger partial charge in [0.2, 0.25) is 0 Å². The summed E-state index contributed by atoms with van der Waals surface area (Å²) in [7, 11) is 0. The van der Waals surface area contributed by atoms with E-state index >= 15 is 0 Å². The standard InChI is InChI=1S/C15H22N2O2/c1-4-17(12-15(2,3)18)8-9-19-14-7-5-6-13(10-14)11-16/h5-7,10,18H,4,8-9,12H2,1-3H3. The molecule has 104 valence electrons. The van der Waals surface area contributed by atoms with E-state index in [2.05, 4.69) is 17.9 Å². The van der Waals surface area contributed by atoms with Gasteiger partial charge >= 0.3 is 0 Å². The molecular weight excluding hydrogens is 240 g/mol. The topological polar surface area (TPSA) is 56.5 Å². The van der Waals surface area contributed by atoms with Crippen molar-refractivity contribution < 1.29 is 9.84 Å². The van der Waals surface area contributed by atoms with Crippen LogP contribution in [0.15, 0.2) is 24.3 Å². The van der Waals surface area contributed by atoms with Gasteiger partial charge in [-0.1, -0.05) is 13.0 Å². The molecule has 0 fully saturated rings. The second kappa shape index (κ2) is 7.13. The Hall–Kier alpha value is -1.57. The Balaban J connectivity index is 2.42. The minimum atomic E-state index is -0.698. The summed E-state index contributed by atoms with van der Waals surface area (Å²) in [6.45, 7) is 8.43. The second-order valence-corrected chi connectivity index (χ2v) is 5.17. The van der Waals surface area contributed by atoms with Crippen LogP contribution in [0.25, 0.3) is 0 Å². The Morgan fingerprint density at radius 1 is 1.42 bits per heavy atom. The lowest BCUT2D eigenvalue weighted by Crippen LogP contribution is -2.40. The molecule has 0 bridgehead atoms. The summed E-state index contributed by atoms with van der Waals surface area (Å²) in [5.74, 6) is 0.707. The second-order valence-electron chi connectivity index (χ2n) is 5.17. The molecule has 0 aliphatic rings. The Morgan fingerprint density at radius 2 is 2.16 bits per heavy atom. The van der Waals surface area contributed by atoms with Crippen molar-refractivity contribution in [2.75, 3.05) is 26.2 Å². The van der Waals surface area contributed by atoms with Gasteiger partial charge in [0, 0.05) is 13.1 Å². The van der Waals surface area contributed by atoms with Crippen LogP contribution >= 0.6 is 0 Å². The molecule has 0 aromatic heterocycles. The normalized spacial score (nSPS) is 11.4. The number of likely N-dealkylation sites (N-methyl/N-ethyl adjacent to an activating group) is 1. The summed E-state index contributed by atoms with van der Waals surface area (Å²) < 4.78 is 5.62. The quantitative estimate of drug-likeness (QED) is 0.817. The highest BCUT2D eigenvalue weighted by Gasteiger charge is 2.16. The van der Waals surface area contributed by atoms with E-state index in [1.54, 1.807) is 26.0 Å². The van der Waals surface area contributed by atoms with Crippen molar-refractivity contribution in [2.24, 2.45) is 0 Å². The maximum Gasteiger partial charge on any atom is 0.120 e. The smallest absolute Gasteiger partial charge is 0.120 e. The molecule has 19 heavy (non-hydrogen) atoms. The predicted octanol–water partition coefficient (Wildman–Crippen LogP) is 2.03. The predicted molar refractivity (Wildman–Crippen MR) is 75.1 cm³/mol. The Morgan fingerprint density at radius 3 is 2.74 bits per heavy atom. The Bertz CT molecular complexity index is 433. The van der Waals surface area contributed by atoms with E-state index in [9.17, 15) is 5.11 Å². The van der Waals surface area contributed by atoms with Gasteiger partial charge in [-0.25, -0.2) is 0 Å². The molecule has 0 saturated heterocycles. The van der Waals surface area contributed by atoms with Crippen molar-refractivity contribution in [1.82, 2.24) is 4.90 Å². The first kappa shape index (κ1) is 15.5. The van der Waals surface area contributed by atoms with Crippen molar-refractivity contribution in [3.8, 4) is 11.8 Å². The van der Waals surface area contributed by atoms with Crippen molar-refractivity contribution in [2.45, 2.75) is 26.4 Å². The van der Waals surface area contributed by atoms with E-state index < -0.39 is 5.60 Å². The first-order chi connectivity index (χ1) is 8.94. The molecule has 1 rings (SSSR count). The van der Waals surface area contributed by atoms with Gasteiger partial charge in [-0.3, -0.25) is 4.90 Å². The number of ether oxygens (including phenoxy) is 1. The minimum absolute atomic E-state index is 0.540. The molecule has 0 saturated carbocycles. The Labute approximate surface area is 115 Å². The van der Waals surface area contributed by atoms with Gasteiger partial charge in [0.25, 0.3) is 0 Å². The summed E-state index contributed by atoms with van der Waals surface area (Å²) in [6.07, 6.45) is 0. The molecule has 0 radical (unpaired) electrons. The van der Waals surface area contributed by atoms with Crippen LogP contribution in [0.4, 0.5) is 0 Å². The van der Waals surface area contributed by atoms with Gasteiger partial charge in [-0.2, -0.15) is 5.26 Å². The van der Waals surface area contributed by atoms with Crippen LogP contribution < -0.4 is 4.74 Å². The lowest BCUT2D eigenvalue weighted by molar-refractivity contribution is 0.0340. The lowest BCUT2D eigenvalue weighted by Gasteiger charge is -2.27. The minimum Gasteiger partial charge on any atom is -0.492 e. The highest BCUT2D eigenvalue weighted by molar-refractivity contribution is 5.36. The van der Waals surface area contributed by atoms with Crippen LogP contribution in [0.2, 0.25) is 0 Å². The van der Waals surface area contributed by atoms with Gasteiger partial charge in [-0.15, -0.1) is 0 Å². The SMILES string of the molecule is CCN(CCOc1cccc(C#N)c1)CC(C)(C)O. The van der Waals surface area contributed by atoms with E-state index in [1.807, 2.05) is 12.1 Å². The number of hydrogen-bond donors (Lipinski definition) is 1. The maximum absolute atomic E-state index is 9.79. The maximum atomic E-state index is 9.79. The number of nitrogens with zero attached hydrogens (tertiary/aromatic N) is 2. The highest BCUT2D eigenvalue weighted by Crippen LogP contribution is 2.12. The van der Waals surface area contributed by atoms with E-state index in [0.29, 0.717) is 24.5 Å². The van der Waals surface area contributed by atoms with Crippen molar-refractivity contribution in [3.63, 3.8) is 0 Å². The fourth-order valence-corrected chi connectivity index (χ4v) is 1.84. The van der Waals surface area contributed by atoms with E-state index in [4.69, 9.17) is 10.00 Å². The average molecular weight is 262 g/mol. The van der Waals surface area contributed by atoms with Crippen LogP contribution in [-0.2, 0) is 0 Å². The van der Waals surface area contributed by atoms with Crippen LogP contribution in [0.5, 0.6) is 5.75 Å². The molecule has 0 spiro atoms. The van der Waals surface area contributed by atoms with E-state index in [1.165, 1.54) is 0 Å². The van der Waals surface area contributed by atoms with Crippen molar-refractivity contribution in [3.05, 3.63) is 29.8 Å². The van der Waals surface area contributed by atoms with Gasteiger partial charge in [0.1, 0.15) is 12.4 Å². The molecule has 1 aromatic carbocycles. The van der Waals surface area contributed by atoms with Gasteiger partial charge in [-0.05, 0) is 38.6 Å². The van der Waals surface area contributed by atoms with Crippen LogP contribution in [0.1, 0.15) is 26.3 Å². The van der Waals surface area contributed by atoms with E-state index in [-0.39, 0.29) is 0 Å². The van der Waals surface area contributed by atoms with Crippen LogP contribution in [0.3, 0.4) is 0 Å². The molecular formula is C15H22N2O2. The first-order valence-corrected chi connectivity index (χ1v) is 6.52. The largest absolute Gasteiger partial charge is 0.492 e. The Kier molecular flexibility index (Phi) is 5.81. The molecule has 0 unspecified atom stereocenters. The van der Waals surface area contributed by atoms with Gasteiger partial charge in [0.05, 0.1) is 17.2 Å². The summed E-state index contributed by atoms with van der Waals surface area (Å²) in [5, 5.41) is 18.6. The molecule has 4 nitrogen and oxygen atoms in total. The summed E-state index contributed by atoms with van der Waals surface area (Å²) in [6, 6.07) is 9.21. The molecule has 0 atom stereocenters. The zero-order chi connectivity index (χ0) is 14.3. The first-order valence-electron chi connectivity index (χ1n) is 6.52. The number of aliphatic hydroxyl groups is 1.